The predicted molar refractivity (Wildman–Crippen MR) is 85.7 cm³/mol. The minimum absolute atomic E-state index is 0.0402. The molecule has 0 radical (unpaired) electrons. The van der Waals surface area contributed by atoms with E-state index in [0.29, 0.717) is 5.39 Å². The van der Waals surface area contributed by atoms with Gasteiger partial charge >= 0.3 is 0 Å². The zero-order chi connectivity index (χ0) is 13.9. The molecule has 0 aliphatic carbocycles. The van der Waals surface area contributed by atoms with Gasteiger partial charge in [0.2, 0.25) is 0 Å². The van der Waals surface area contributed by atoms with Crippen LogP contribution in [0.4, 0.5) is 0 Å². The van der Waals surface area contributed by atoms with Crippen LogP contribution in [-0.2, 0) is 13.5 Å². The van der Waals surface area contributed by atoms with Crippen LogP contribution < -0.4 is 5.56 Å². The second-order valence-corrected chi connectivity index (χ2v) is 6.44. The largest absolute Gasteiger partial charge is 0.290 e. The Hall–Kier alpha value is -1.59. The molecule has 0 fully saturated rings. The van der Waals surface area contributed by atoms with Gasteiger partial charge in [-0.1, -0.05) is 42.1 Å². The molecular formula is C15H14N2OS2. The molecule has 3 aromatic rings. The second-order valence-electron chi connectivity index (χ2n) is 4.48. The van der Waals surface area contributed by atoms with Gasteiger partial charge in [-0.25, -0.2) is 4.98 Å². The molecule has 102 valence electrons. The number of benzene rings is 1. The number of nitrogens with zero attached hydrogens (tertiary/aromatic N) is 2. The Morgan fingerprint density at radius 1 is 1.25 bits per heavy atom. The molecule has 0 aliphatic rings. The van der Waals surface area contributed by atoms with Crippen molar-refractivity contribution >= 4 is 33.3 Å². The van der Waals surface area contributed by atoms with Gasteiger partial charge in [-0.15, -0.1) is 11.3 Å². The van der Waals surface area contributed by atoms with Crippen molar-refractivity contribution in [3.63, 3.8) is 0 Å². The highest BCUT2D eigenvalue weighted by molar-refractivity contribution is 7.99. The van der Waals surface area contributed by atoms with Crippen LogP contribution in [0.3, 0.4) is 0 Å². The number of fused-ring (bicyclic) bond motifs is 1. The second kappa shape index (κ2) is 5.81. The van der Waals surface area contributed by atoms with Crippen LogP contribution >= 0.6 is 23.1 Å². The first-order valence-corrected chi connectivity index (χ1v) is 8.23. The zero-order valence-corrected chi connectivity index (χ0v) is 12.7. The molecule has 0 bridgehead atoms. The van der Waals surface area contributed by atoms with Crippen molar-refractivity contribution in [1.29, 1.82) is 0 Å². The van der Waals surface area contributed by atoms with E-state index in [1.807, 2.05) is 29.6 Å². The third-order valence-electron chi connectivity index (χ3n) is 3.13. The molecule has 0 spiro atoms. The SMILES string of the molecule is Cn1c(SCCc2ccccc2)nc2sccc2c1=O. The normalized spacial score (nSPS) is 11.1. The first kappa shape index (κ1) is 13.4. The number of hydrogen-bond donors (Lipinski definition) is 0. The molecule has 0 unspecified atom stereocenters. The van der Waals surface area contributed by atoms with Gasteiger partial charge in [-0.3, -0.25) is 9.36 Å². The van der Waals surface area contributed by atoms with Gasteiger partial charge in [-0.2, -0.15) is 0 Å². The number of aromatic nitrogens is 2. The summed E-state index contributed by atoms with van der Waals surface area (Å²) in [6.07, 6.45) is 0.976. The van der Waals surface area contributed by atoms with Gasteiger partial charge < -0.3 is 0 Å². The van der Waals surface area contributed by atoms with E-state index in [1.54, 1.807) is 23.4 Å². The van der Waals surface area contributed by atoms with Gasteiger partial charge in [0, 0.05) is 12.8 Å². The van der Waals surface area contributed by atoms with E-state index in [4.69, 9.17) is 0 Å². The fourth-order valence-electron chi connectivity index (χ4n) is 2.01. The summed E-state index contributed by atoms with van der Waals surface area (Å²) >= 11 is 3.15. The summed E-state index contributed by atoms with van der Waals surface area (Å²) in [6.45, 7) is 0. The lowest BCUT2D eigenvalue weighted by Gasteiger charge is -2.06. The molecule has 2 heterocycles. The lowest BCUT2D eigenvalue weighted by Crippen LogP contribution is -2.19. The maximum absolute atomic E-state index is 12.2. The maximum Gasteiger partial charge on any atom is 0.262 e. The monoisotopic (exact) mass is 302 g/mol. The van der Waals surface area contributed by atoms with E-state index in [-0.39, 0.29) is 5.56 Å². The van der Waals surface area contributed by atoms with Gasteiger partial charge in [0.1, 0.15) is 4.83 Å². The Bertz CT molecular complexity index is 777. The molecule has 0 aliphatic heterocycles. The molecule has 0 atom stereocenters. The summed E-state index contributed by atoms with van der Waals surface area (Å²) in [5, 5.41) is 3.42. The van der Waals surface area contributed by atoms with Crippen LogP contribution in [0.15, 0.2) is 51.7 Å². The Kier molecular flexibility index (Phi) is 3.89. The van der Waals surface area contributed by atoms with E-state index in [0.717, 1.165) is 22.2 Å². The lowest BCUT2D eigenvalue weighted by molar-refractivity contribution is 0.728. The Morgan fingerprint density at radius 3 is 2.85 bits per heavy atom. The molecule has 3 nitrogen and oxygen atoms in total. The third kappa shape index (κ3) is 2.64. The highest BCUT2D eigenvalue weighted by atomic mass is 32.2. The van der Waals surface area contributed by atoms with Crippen molar-refractivity contribution in [1.82, 2.24) is 9.55 Å². The van der Waals surface area contributed by atoms with Gasteiger partial charge in [0.05, 0.1) is 5.39 Å². The molecule has 2 aromatic heterocycles. The smallest absolute Gasteiger partial charge is 0.262 e. The predicted octanol–water partition coefficient (Wildman–Crippen LogP) is 3.33. The first-order valence-electron chi connectivity index (χ1n) is 6.36. The standard InChI is InChI=1S/C15H14N2OS2/c1-17-14(18)12-8-10-19-13(12)16-15(17)20-9-7-11-5-3-2-4-6-11/h2-6,8,10H,7,9H2,1H3. The molecule has 1 aromatic carbocycles. The minimum atomic E-state index is 0.0402. The molecular weight excluding hydrogens is 288 g/mol. The third-order valence-corrected chi connectivity index (χ3v) is 4.97. The lowest BCUT2D eigenvalue weighted by atomic mass is 10.2. The van der Waals surface area contributed by atoms with Gasteiger partial charge in [0.25, 0.3) is 5.56 Å². The Balaban J connectivity index is 1.77. The number of hydrogen-bond acceptors (Lipinski definition) is 4. The highest BCUT2D eigenvalue weighted by Crippen LogP contribution is 2.21. The minimum Gasteiger partial charge on any atom is -0.290 e. The topological polar surface area (TPSA) is 34.9 Å². The average Bonchev–Trinajstić information content (AvgIpc) is 2.94. The summed E-state index contributed by atoms with van der Waals surface area (Å²) in [5.74, 6) is 0.918. The van der Waals surface area contributed by atoms with Crippen molar-refractivity contribution in [2.45, 2.75) is 11.6 Å². The average molecular weight is 302 g/mol. The number of rotatable bonds is 4. The summed E-state index contributed by atoms with van der Waals surface area (Å²) in [7, 11) is 1.79. The summed E-state index contributed by atoms with van der Waals surface area (Å²) in [4.78, 5) is 17.6. The molecule has 0 N–H and O–H groups in total. The fraction of sp³-hybridized carbons (Fsp3) is 0.200. The van der Waals surface area contributed by atoms with Gasteiger partial charge in [-0.05, 0) is 23.4 Å². The fourth-order valence-corrected chi connectivity index (χ4v) is 3.78. The number of aryl methyl sites for hydroxylation is 1. The zero-order valence-electron chi connectivity index (χ0n) is 11.1. The highest BCUT2D eigenvalue weighted by Gasteiger charge is 2.09. The molecule has 0 saturated heterocycles. The first-order chi connectivity index (χ1) is 9.75. The summed E-state index contributed by atoms with van der Waals surface area (Å²) in [6, 6.07) is 12.2. The molecule has 20 heavy (non-hydrogen) atoms. The Morgan fingerprint density at radius 2 is 2.05 bits per heavy atom. The molecule has 0 amide bonds. The molecule has 0 saturated carbocycles. The van der Waals surface area contributed by atoms with Crippen LogP contribution in [0.25, 0.3) is 10.2 Å². The van der Waals surface area contributed by atoms with Crippen LogP contribution in [0.2, 0.25) is 0 Å². The van der Waals surface area contributed by atoms with E-state index in [2.05, 4.69) is 17.1 Å². The van der Waals surface area contributed by atoms with Crippen molar-refractivity contribution in [3.05, 3.63) is 57.7 Å². The van der Waals surface area contributed by atoms with Crippen molar-refractivity contribution in [2.24, 2.45) is 7.05 Å². The van der Waals surface area contributed by atoms with Crippen molar-refractivity contribution in [2.75, 3.05) is 5.75 Å². The maximum atomic E-state index is 12.2. The number of thiophene rings is 1. The van der Waals surface area contributed by atoms with E-state index in [9.17, 15) is 4.79 Å². The summed E-state index contributed by atoms with van der Waals surface area (Å²) < 4.78 is 1.64. The van der Waals surface area contributed by atoms with Crippen LogP contribution in [0.5, 0.6) is 0 Å². The van der Waals surface area contributed by atoms with Crippen molar-refractivity contribution in [3.8, 4) is 0 Å². The Labute approximate surface area is 125 Å². The van der Waals surface area contributed by atoms with Crippen LogP contribution in [0, 0.1) is 0 Å². The van der Waals surface area contributed by atoms with E-state index >= 15 is 0 Å². The van der Waals surface area contributed by atoms with E-state index < -0.39 is 0 Å². The molecule has 3 rings (SSSR count). The van der Waals surface area contributed by atoms with E-state index in [1.165, 1.54) is 16.9 Å². The van der Waals surface area contributed by atoms with Crippen molar-refractivity contribution < 1.29 is 0 Å². The number of thioether (sulfide) groups is 1. The summed E-state index contributed by atoms with van der Waals surface area (Å²) in [5.41, 5.74) is 1.35. The quantitative estimate of drug-likeness (QED) is 0.548. The van der Waals surface area contributed by atoms with Gasteiger partial charge in [0.15, 0.2) is 5.16 Å². The van der Waals surface area contributed by atoms with Crippen LogP contribution in [0.1, 0.15) is 5.56 Å². The van der Waals surface area contributed by atoms with Crippen LogP contribution in [-0.4, -0.2) is 15.3 Å². The molecule has 5 heteroatoms.